The van der Waals surface area contributed by atoms with Crippen molar-refractivity contribution in [3.05, 3.63) is 34.3 Å². The van der Waals surface area contributed by atoms with Crippen molar-refractivity contribution in [3.63, 3.8) is 0 Å². The summed E-state index contributed by atoms with van der Waals surface area (Å²) in [4.78, 5) is 2.13. The van der Waals surface area contributed by atoms with E-state index in [-0.39, 0.29) is 6.10 Å². The predicted molar refractivity (Wildman–Crippen MR) is 77.5 cm³/mol. The van der Waals surface area contributed by atoms with E-state index in [1.165, 1.54) is 0 Å². The van der Waals surface area contributed by atoms with Crippen LogP contribution in [-0.4, -0.2) is 41.4 Å². The van der Waals surface area contributed by atoms with Crippen LogP contribution in [0.25, 0.3) is 0 Å². The molecule has 4 heteroatoms. The van der Waals surface area contributed by atoms with Gasteiger partial charge < -0.3 is 15.1 Å². The molecule has 0 bridgehead atoms. The van der Waals surface area contributed by atoms with E-state index in [2.05, 4.69) is 20.8 Å². The number of hydrogen-bond acceptors (Lipinski definition) is 3. The first-order chi connectivity index (χ1) is 8.49. The molecule has 0 aliphatic carbocycles. The first kappa shape index (κ1) is 15.6. The van der Waals surface area contributed by atoms with Gasteiger partial charge >= 0.3 is 0 Å². The maximum absolute atomic E-state index is 10.0. The number of halogens is 1. The number of aliphatic hydroxyl groups is 2. The van der Waals surface area contributed by atoms with E-state index in [1.807, 2.05) is 31.3 Å². The molecule has 2 unspecified atom stereocenters. The molecule has 1 aromatic rings. The third kappa shape index (κ3) is 5.96. The number of aliphatic hydroxyl groups excluding tert-OH is 2. The minimum atomic E-state index is -0.424. The van der Waals surface area contributed by atoms with Crippen LogP contribution in [0.15, 0.2) is 28.7 Å². The first-order valence-corrected chi connectivity index (χ1v) is 7.08. The Balaban J connectivity index is 2.32. The highest BCUT2D eigenvalue weighted by Crippen LogP contribution is 2.19. The lowest BCUT2D eigenvalue weighted by molar-refractivity contribution is 0.136. The summed E-state index contributed by atoms with van der Waals surface area (Å²) in [5, 5.41) is 19.2. The summed E-state index contributed by atoms with van der Waals surface area (Å²) in [6, 6.07) is 7.75. The molecule has 2 N–H and O–H groups in total. The summed E-state index contributed by atoms with van der Waals surface area (Å²) in [5.74, 6) is 0. The van der Waals surface area contributed by atoms with Gasteiger partial charge in [-0.25, -0.2) is 0 Å². The van der Waals surface area contributed by atoms with Crippen LogP contribution in [0.4, 0.5) is 0 Å². The standard InChI is InChI=1S/C14H22BrNO2/c1-11(17)7-9-16(2)10-8-14(18)12-3-5-13(15)6-4-12/h3-6,11,14,17-18H,7-10H2,1-2H3. The van der Waals surface area contributed by atoms with Gasteiger partial charge in [0.1, 0.15) is 0 Å². The number of rotatable bonds is 7. The van der Waals surface area contributed by atoms with Crippen LogP contribution < -0.4 is 0 Å². The normalized spacial score (nSPS) is 14.8. The van der Waals surface area contributed by atoms with Crippen molar-refractivity contribution in [2.24, 2.45) is 0 Å². The topological polar surface area (TPSA) is 43.7 Å². The summed E-state index contributed by atoms with van der Waals surface area (Å²) in [6.45, 7) is 3.47. The molecule has 0 aliphatic heterocycles. The summed E-state index contributed by atoms with van der Waals surface area (Å²) in [5.41, 5.74) is 0.946. The van der Waals surface area contributed by atoms with Crippen LogP contribution in [-0.2, 0) is 0 Å². The Bertz CT molecular complexity index is 340. The smallest absolute Gasteiger partial charge is 0.0802 e. The number of nitrogens with zero attached hydrogens (tertiary/aromatic N) is 1. The molecule has 0 heterocycles. The van der Waals surface area contributed by atoms with Gasteiger partial charge in [-0.1, -0.05) is 28.1 Å². The Morgan fingerprint density at radius 1 is 1.11 bits per heavy atom. The van der Waals surface area contributed by atoms with Gasteiger partial charge in [-0.3, -0.25) is 0 Å². The van der Waals surface area contributed by atoms with E-state index in [1.54, 1.807) is 6.92 Å². The Kier molecular flexibility index (Phi) is 6.86. The lowest BCUT2D eigenvalue weighted by atomic mass is 10.1. The van der Waals surface area contributed by atoms with Gasteiger partial charge in [-0.2, -0.15) is 0 Å². The van der Waals surface area contributed by atoms with Crippen LogP contribution in [0.5, 0.6) is 0 Å². The third-order valence-electron chi connectivity index (χ3n) is 2.97. The molecule has 0 saturated carbocycles. The van der Waals surface area contributed by atoms with Crippen molar-refractivity contribution in [1.29, 1.82) is 0 Å². The zero-order valence-electron chi connectivity index (χ0n) is 11.0. The Morgan fingerprint density at radius 3 is 2.22 bits per heavy atom. The van der Waals surface area contributed by atoms with Crippen molar-refractivity contribution in [1.82, 2.24) is 4.90 Å². The highest BCUT2D eigenvalue weighted by molar-refractivity contribution is 9.10. The van der Waals surface area contributed by atoms with E-state index in [9.17, 15) is 10.2 Å². The molecular formula is C14H22BrNO2. The van der Waals surface area contributed by atoms with E-state index >= 15 is 0 Å². The van der Waals surface area contributed by atoms with Crippen LogP contribution in [0.1, 0.15) is 31.4 Å². The highest BCUT2D eigenvalue weighted by atomic mass is 79.9. The van der Waals surface area contributed by atoms with Gasteiger partial charge in [0.15, 0.2) is 0 Å². The summed E-state index contributed by atoms with van der Waals surface area (Å²) < 4.78 is 1.02. The lowest BCUT2D eigenvalue weighted by Gasteiger charge is -2.19. The molecule has 0 radical (unpaired) electrons. The molecule has 2 atom stereocenters. The van der Waals surface area contributed by atoms with E-state index in [0.29, 0.717) is 6.42 Å². The Hall–Kier alpha value is -0.420. The van der Waals surface area contributed by atoms with Crippen LogP contribution in [0, 0.1) is 0 Å². The molecule has 0 aromatic heterocycles. The van der Waals surface area contributed by atoms with E-state index < -0.39 is 6.10 Å². The molecule has 0 spiro atoms. The summed E-state index contributed by atoms with van der Waals surface area (Å²) in [6.07, 6.45) is 0.791. The Labute approximate surface area is 118 Å². The van der Waals surface area contributed by atoms with E-state index in [4.69, 9.17) is 0 Å². The van der Waals surface area contributed by atoms with Crippen molar-refractivity contribution in [3.8, 4) is 0 Å². The van der Waals surface area contributed by atoms with Gasteiger partial charge in [0.25, 0.3) is 0 Å². The van der Waals surface area contributed by atoms with Gasteiger partial charge in [0.2, 0.25) is 0 Å². The van der Waals surface area contributed by atoms with Gasteiger partial charge in [0.05, 0.1) is 12.2 Å². The largest absolute Gasteiger partial charge is 0.393 e. The fourth-order valence-electron chi connectivity index (χ4n) is 1.71. The van der Waals surface area contributed by atoms with Crippen molar-refractivity contribution >= 4 is 15.9 Å². The summed E-state index contributed by atoms with van der Waals surface area (Å²) in [7, 11) is 2.01. The first-order valence-electron chi connectivity index (χ1n) is 6.29. The second-order valence-electron chi connectivity index (χ2n) is 4.80. The minimum Gasteiger partial charge on any atom is -0.393 e. The van der Waals surface area contributed by atoms with Gasteiger partial charge in [-0.15, -0.1) is 0 Å². The maximum atomic E-state index is 10.0. The predicted octanol–water partition coefficient (Wildman–Crippen LogP) is 2.58. The van der Waals surface area contributed by atoms with E-state index in [0.717, 1.165) is 29.5 Å². The minimum absolute atomic E-state index is 0.260. The molecular weight excluding hydrogens is 294 g/mol. The zero-order valence-corrected chi connectivity index (χ0v) is 12.6. The van der Waals surface area contributed by atoms with Crippen LogP contribution >= 0.6 is 15.9 Å². The van der Waals surface area contributed by atoms with Crippen molar-refractivity contribution < 1.29 is 10.2 Å². The molecule has 0 aliphatic rings. The lowest BCUT2D eigenvalue weighted by Crippen LogP contribution is -2.24. The SMILES string of the molecule is CC(O)CCN(C)CCC(O)c1ccc(Br)cc1. The summed E-state index contributed by atoms with van der Waals surface area (Å²) >= 11 is 3.38. The van der Waals surface area contributed by atoms with Crippen molar-refractivity contribution in [2.45, 2.75) is 32.0 Å². The highest BCUT2D eigenvalue weighted by Gasteiger charge is 2.09. The second-order valence-corrected chi connectivity index (χ2v) is 5.71. The van der Waals surface area contributed by atoms with Crippen LogP contribution in [0.2, 0.25) is 0 Å². The monoisotopic (exact) mass is 315 g/mol. The van der Waals surface area contributed by atoms with Crippen molar-refractivity contribution in [2.75, 3.05) is 20.1 Å². The second kappa shape index (κ2) is 7.89. The number of benzene rings is 1. The molecule has 3 nitrogen and oxygen atoms in total. The third-order valence-corrected chi connectivity index (χ3v) is 3.50. The quantitative estimate of drug-likeness (QED) is 0.812. The Morgan fingerprint density at radius 2 is 1.67 bits per heavy atom. The average molecular weight is 316 g/mol. The molecule has 18 heavy (non-hydrogen) atoms. The zero-order chi connectivity index (χ0) is 13.5. The fraction of sp³-hybridized carbons (Fsp3) is 0.571. The molecule has 1 aromatic carbocycles. The molecule has 0 amide bonds. The van der Waals surface area contributed by atoms with Gasteiger partial charge in [0, 0.05) is 17.6 Å². The molecule has 102 valence electrons. The molecule has 0 saturated heterocycles. The maximum Gasteiger partial charge on any atom is 0.0802 e. The van der Waals surface area contributed by atoms with Gasteiger partial charge in [-0.05, 0) is 44.5 Å². The average Bonchev–Trinajstić information content (AvgIpc) is 2.34. The molecule has 0 fully saturated rings. The fourth-order valence-corrected chi connectivity index (χ4v) is 1.98. The number of hydrogen-bond donors (Lipinski definition) is 2. The van der Waals surface area contributed by atoms with Crippen LogP contribution in [0.3, 0.4) is 0 Å². The molecule has 1 rings (SSSR count).